The first-order chi connectivity index (χ1) is 14.9. The van der Waals surface area contributed by atoms with Crippen molar-refractivity contribution in [3.8, 4) is 0 Å². The van der Waals surface area contributed by atoms with Gasteiger partial charge in [0.1, 0.15) is 0 Å². The fourth-order valence-corrected chi connectivity index (χ4v) is 5.77. The normalized spacial score (nSPS) is 25.2. The van der Waals surface area contributed by atoms with Gasteiger partial charge in [0.2, 0.25) is 21.8 Å². The van der Waals surface area contributed by atoms with Gasteiger partial charge in [0, 0.05) is 37.8 Å². The predicted octanol–water partition coefficient (Wildman–Crippen LogP) is 2.26. The van der Waals surface area contributed by atoms with Crippen molar-refractivity contribution < 1.29 is 22.7 Å². The number of hydrogen-bond donors (Lipinski definition) is 2. The first-order valence-corrected chi connectivity index (χ1v) is 12.7. The maximum absolute atomic E-state index is 12.7. The van der Waals surface area contributed by atoms with E-state index in [0.29, 0.717) is 18.8 Å². The van der Waals surface area contributed by atoms with Crippen molar-refractivity contribution in [3.63, 3.8) is 0 Å². The first kappa shape index (κ1) is 22.2. The molecule has 1 saturated carbocycles. The number of benzene rings is 1. The topological polar surface area (TPSA) is 105 Å². The summed E-state index contributed by atoms with van der Waals surface area (Å²) in [4.78, 5) is 27.1. The first-order valence-electron chi connectivity index (χ1n) is 11.2. The number of rotatable bonds is 7. The highest BCUT2D eigenvalue weighted by atomic mass is 32.2. The molecule has 3 aliphatic rings. The molecule has 2 aliphatic heterocycles. The van der Waals surface area contributed by atoms with Crippen LogP contribution in [0.1, 0.15) is 51.4 Å². The fourth-order valence-electron chi connectivity index (χ4n) is 4.71. The van der Waals surface area contributed by atoms with E-state index in [9.17, 15) is 18.0 Å². The van der Waals surface area contributed by atoms with Gasteiger partial charge in [0.25, 0.3) is 0 Å². The summed E-state index contributed by atoms with van der Waals surface area (Å²) in [5, 5.41) is 2.83. The molecule has 1 aliphatic carbocycles. The zero-order chi connectivity index (χ0) is 21.8. The lowest BCUT2D eigenvalue weighted by molar-refractivity contribution is -0.130. The minimum absolute atomic E-state index is 0.0609. The predicted molar refractivity (Wildman–Crippen MR) is 116 cm³/mol. The second kappa shape index (κ2) is 9.67. The minimum Gasteiger partial charge on any atom is -0.377 e. The van der Waals surface area contributed by atoms with E-state index in [1.54, 1.807) is 12.1 Å². The van der Waals surface area contributed by atoms with E-state index >= 15 is 0 Å². The van der Waals surface area contributed by atoms with Crippen molar-refractivity contribution in [2.24, 2.45) is 5.92 Å². The summed E-state index contributed by atoms with van der Waals surface area (Å²) in [6.45, 7) is 1.40. The Morgan fingerprint density at radius 1 is 1.06 bits per heavy atom. The maximum atomic E-state index is 12.7. The highest BCUT2D eigenvalue weighted by Gasteiger charge is 2.38. The molecule has 0 spiro atoms. The standard InChI is InChI=1S/C22H31N3O5S/c26-21-13-16(15-25(21)18-5-2-1-3-6-18)22(27)24-17-8-10-20(11-9-17)31(28,29)23-14-19-7-4-12-30-19/h8-11,16,18-19,23H,1-7,12-15H2,(H,24,27)/t16-,19+/m1/s1. The Labute approximate surface area is 183 Å². The lowest BCUT2D eigenvalue weighted by Crippen LogP contribution is -2.38. The summed E-state index contributed by atoms with van der Waals surface area (Å²) in [5.74, 6) is -0.504. The zero-order valence-electron chi connectivity index (χ0n) is 17.7. The SMILES string of the molecule is O=C(Nc1ccc(S(=O)(=O)NC[C@@H]2CCCO2)cc1)[C@@H]1CC(=O)N(C2CCCCC2)C1. The van der Waals surface area contributed by atoms with Crippen LogP contribution in [0.25, 0.3) is 0 Å². The van der Waals surface area contributed by atoms with Crippen LogP contribution in [0, 0.1) is 5.92 Å². The largest absolute Gasteiger partial charge is 0.377 e. The molecule has 31 heavy (non-hydrogen) atoms. The van der Waals surface area contributed by atoms with Gasteiger partial charge in [0.05, 0.1) is 16.9 Å². The molecule has 9 heteroatoms. The third kappa shape index (κ3) is 5.45. The fraction of sp³-hybridized carbons (Fsp3) is 0.636. The number of likely N-dealkylation sites (tertiary alicyclic amines) is 1. The quantitative estimate of drug-likeness (QED) is 0.664. The number of ether oxygens (including phenoxy) is 1. The number of sulfonamides is 1. The third-order valence-electron chi connectivity index (χ3n) is 6.50. The van der Waals surface area contributed by atoms with Crippen LogP contribution >= 0.6 is 0 Å². The van der Waals surface area contributed by atoms with E-state index in [2.05, 4.69) is 10.0 Å². The van der Waals surface area contributed by atoms with Crippen molar-refractivity contribution >= 4 is 27.5 Å². The summed E-state index contributed by atoms with van der Waals surface area (Å²) >= 11 is 0. The molecule has 1 aromatic carbocycles. The number of anilines is 1. The van der Waals surface area contributed by atoms with Gasteiger partial charge in [-0.25, -0.2) is 13.1 Å². The van der Waals surface area contributed by atoms with Crippen LogP contribution in [0.3, 0.4) is 0 Å². The summed E-state index contributed by atoms with van der Waals surface area (Å²) in [7, 11) is -3.63. The van der Waals surface area contributed by atoms with Crippen molar-refractivity contribution in [2.45, 2.75) is 68.4 Å². The Morgan fingerprint density at radius 2 is 1.81 bits per heavy atom. The molecule has 0 unspecified atom stereocenters. The molecule has 8 nitrogen and oxygen atoms in total. The monoisotopic (exact) mass is 449 g/mol. The molecule has 2 N–H and O–H groups in total. The molecular formula is C22H31N3O5S. The average Bonchev–Trinajstić information content (AvgIpc) is 3.43. The number of carbonyl (C=O) groups is 2. The smallest absolute Gasteiger partial charge is 0.240 e. The molecule has 3 fully saturated rings. The van der Waals surface area contributed by atoms with Crippen molar-refractivity contribution in [1.29, 1.82) is 0 Å². The number of nitrogens with zero attached hydrogens (tertiary/aromatic N) is 1. The number of amides is 2. The summed E-state index contributed by atoms with van der Waals surface area (Å²) in [6.07, 6.45) is 7.52. The van der Waals surface area contributed by atoms with Gasteiger partial charge in [-0.15, -0.1) is 0 Å². The van der Waals surface area contributed by atoms with E-state index < -0.39 is 10.0 Å². The zero-order valence-corrected chi connectivity index (χ0v) is 18.5. The Bertz CT molecular complexity index is 890. The summed E-state index contributed by atoms with van der Waals surface area (Å²) in [6, 6.07) is 6.37. The van der Waals surface area contributed by atoms with Gasteiger partial charge < -0.3 is 15.0 Å². The van der Waals surface area contributed by atoms with Crippen LogP contribution in [-0.2, 0) is 24.3 Å². The van der Waals surface area contributed by atoms with E-state index in [1.807, 2.05) is 4.90 Å². The molecule has 0 radical (unpaired) electrons. The second-order valence-corrected chi connectivity index (χ2v) is 10.5. The molecule has 0 bridgehead atoms. The summed E-state index contributed by atoms with van der Waals surface area (Å²) < 4.78 is 32.9. The van der Waals surface area contributed by atoms with E-state index in [1.165, 1.54) is 18.6 Å². The van der Waals surface area contributed by atoms with Gasteiger partial charge in [0.15, 0.2) is 0 Å². The molecule has 170 valence electrons. The number of nitrogens with one attached hydrogen (secondary N) is 2. The molecule has 2 atom stereocenters. The molecule has 4 rings (SSSR count). The van der Waals surface area contributed by atoms with Gasteiger partial charge in [-0.3, -0.25) is 9.59 Å². The van der Waals surface area contributed by atoms with Crippen LogP contribution in [0.15, 0.2) is 29.2 Å². The Balaban J connectivity index is 1.31. The van der Waals surface area contributed by atoms with Gasteiger partial charge in [-0.05, 0) is 49.9 Å². The van der Waals surface area contributed by atoms with Crippen molar-refractivity contribution in [3.05, 3.63) is 24.3 Å². The molecule has 2 heterocycles. The lowest BCUT2D eigenvalue weighted by atomic mass is 9.94. The molecule has 2 amide bonds. The molecule has 1 aromatic rings. The number of carbonyl (C=O) groups excluding carboxylic acids is 2. The highest BCUT2D eigenvalue weighted by molar-refractivity contribution is 7.89. The molecule has 2 saturated heterocycles. The van der Waals surface area contributed by atoms with Crippen LogP contribution < -0.4 is 10.0 Å². The second-order valence-electron chi connectivity index (χ2n) is 8.74. The van der Waals surface area contributed by atoms with Gasteiger partial charge >= 0.3 is 0 Å². The summed E-state index contributed by atoms with van der Waals surface area (Å²) in [5.41, 5.74) is 0.520. The lowest BCUT2D eigenvalue weighted by Gasteiger charge is -2.31. The molecule has 0 aromatic heterocycles. The van der Waals surface area contributed by atoms with Crippen LogP contribution in [-0.4, -0.2) is 57.0 Å². The van der Waals surface area contributed by atoms with Crippen LogP contribution in [0.5, 0.6) is 0 Å². The Kier molecular flexibility index (Phi) is 6.93. The maximum Gasteiger partial charge on any atom is 0.240 e. The van der Waals surface area contributed by atoms with Gasteiger partial charge in [-0.2, -0.15) is 0 Å². The number of hydrogen-bond acceptors (Lipinski definition) is 5. The van der Waals surface area contributed by atoms with E-state index in [-0.39, 0.29) is 47.7 Å². The van der Waals surface area contributed by atoms with Crippen LogP contribution in [0.4, 0.5) is 5.69 Å². The Morgan fingerprint density at radius 3 is 2.48 bits per heavy atom. The van der Waals surface area contributed by atoms with E-state index in [4.69, 9.17) is 4.74 Å². The van der Waals surface area contributed by atoms with Crippen LogP contribution in [0.2, 0.25) is 0 Å². The van der Waals surface area contributed by atoms with Crippen molar-refractivity contribution in [2.75, 3.05) is 25.0 Å². The highest BCUT2D eigenvalue weighted by Crippen LogP contribution is 2.29. The van der Waals surface area contributed by atoms with E-state index in [0.717, 1.165) is 38.5 Å². The Hall–Kier alpha value is -1.97. The minimum atomic E-state index is -3.63. The van der Waals surface area contributed by atoms with Gasteiger partial charge in [-0.1, -0.05) is 19.3 Å². The molecular weight excluding hydrogens is 418 g/mol. The van der Waals surface area contributed by atoms with Crippen molar-refractivity contribution in [1.82, 2.24) is 9.62 Å². The third-order valence-corrected chi connectivity index (χ3v) is 7.94. The average molecular weight is 450 g/mol.